The van der Waals surface area contributed by atoms with Gasteiger partial charge in [0, 0.05) is 53.2 Å². The maximum Gasteiger partial charge on any atom is 0.337 e. The topological polar surface area (TPSA) is 83.7 Å². The van der Waals surface area contributed by atoms with Crippen molar-refractivity contribution in [2.24, 2.45) is 7.05 Å². The number of piperidine rings is 1. The van der Waals surface area contributed by atoms with Crippen LogP contribution in [0, 0.1) is 6.92 Å². The maximum absolute atomic E-state index is 12.7. The Morgan fingerprint density at radius 2 is 1.79 bits per heavy atom. The van der Waals surface area contributed by atoms with Crippen LogP contribution in [0.25, 0.3) is 42.8 Å². The van der Waals surface area contributed by atoms with Gasteiger partial charge in [0.05, 0.1) is 27.0 Å². The number of carboxylic acids is 1. The molecule has 0 spiro atoms. The zero-order valence-corrected chi connectivity index (χ0v) is 29.9. The molecule has 1 saturated heterocycles. The molecule has 1 atom stereocenters. The van der Waals surface area contributed by atoms with Crippen LogP contribution in [0.4, 0.5) is 0 Å². The number of aryl methyl sites for hydroxylation is 2. The van der Waals surface area contributed by atoms with Crippen molar-refractivity contribution >= 4 is 50.0 Å². The number of carboxylic acid groups (broad SMARTS) is 1. The van der Waals surface area contributed by atoms with Crippen LogP contribution in [-0.4, -0.2) is 81.5 Å². The number of hydrogen-bond donors (Lipinski definition) is 1. The lowest BCUT2D eigenvalue weighted by Gasteiger charge is -2.32. The largest absolute Gasteiger partial charge is 0.479 e. The van der Waals surface area contributed by atoms with Crippen molar-refractivity contribution in [1.82, 2.24) is 24.6 Å². The van der Waals surface area contributed by atoms with Crippen molar-refractivity contribution in [2.75, 3.05) is 40.3 Å². The van der Waals surface area contributed by atoms with E-state index in [0.29, 0.717) is 16.5 Å². The number of rotatable bonds is 9. The smallest absolute Gasteiger partial charge is 0.337 e. The number of likely N-dealkylation sites (tertiary alicyclic amines) is 1. The van der Waals surface area contributed by atoms with E-state index < -0.39 is 17.7 Å². The van der Waals surface area contributed by atoms with Crippen LogP contribution in [0.3, 0.4) is 0 Å². The molecule has 248 valence electrons. The van der Waals surface area contributed by atoms with E-state index in [1.165, 1.54) is 11.1 Å². The lowest BCUT2D eigenvalue weighted by atomic mass is 9.91. The molecule has 10 heteroatoms. The lowest BCUT2D eigenvalue weighted by Crippen LogP contribution is -2.37. The van der Waals surface area contributed by atoms with Gasteiger partial charge in [-0.1, -0.05) is 23.7 Å². The summed E-state index contributed by atoms with van der Waals surface area (Å²) in [5.74, 6) is -0.613. The number of aromatic nitrogens is 3. The Balaban J connectivity index is 1.44. The second-order valence-corrected chi connectivity index (χ2v) is 15.4. The summed E-state index contributed by atoms with van der Waals surface area (Å²) < 4.78 is 9.11. The normalized spacial score (nSPS) is 15.7. The number of aliphatic carboxylic acids is 1. The van der Waals surface area contributed by atoms with Crippen molar-refractivity contribution in [1.29, 1.82) is 0 Å². The highest BCUT2D eigenvalue weighted by atomic mass is 35.5. The van der Waals surface area contributed by atoms with Gasteiger partial charge in [0.1, 0.15) is 5.01 Å². The van der Waals surface area contributed by atoms with Gasteiger partial charge in [0.25, 0.3) is 0 Å². The van der Waals surface area contributed by atoms with E-state index in [0.717, 1.165) is 82.0 Å². The van der Waals surface area contributed by atoms with Gasteiger partial charge in [-0.05, 0) is 115 Å². The Labute approximate surface area is 285 Å². The minimum atomic E-state index is -1.15. The average molecular weight is 674 g/mol. The van der Waals surface area contributed by atoms with Crippen molar-refractivity contribution in [2.45, 2.75) is 58.2 Å². The molecule has 0 amide bonds. The molecule has 0 aliphatic carbocycles. The third-order valence-electron chi connectivity index (χ3n) is 8.98. The summed E-state index contributed by atoms with van der Waals surface area (Å²) in [6.45, 7) is 11.9. The van der Waals surface area contributed by atoms with Gasteiger partial charge in [0.2, 0.25) is 0 Å². The molecule has 2 aromatic heterocycles. The van der Waals surface area contributed by atoms with E-state index >= 15 is 0 Å². The molecule has 47 heavy (non-hydrogen) atoms. The van der Waals surface area contributed by atoms with E-state index in [1.807, 2.05) is 69.8 Å². The molecule has 6 rings (SSSR count). The molecule has 1 aliphatic heterocycles. The molecule has 3 aromatic carbocycles. The molecule has 5 aromatic rings. The first-order valence-corrected chi connectivity index (χ1v) is 17.4. The Kier molecular flexibility index (Phi) is 9.48. The first-order valence-electron chi connectivity index (χ1n) is 16.2. The molecule has 1 aliphatic rings. The zero-order chi connectivity index (χ0) is 33.6. The first-order chi connectivity index (χ1) is 22.3. The number of carbonyl (C=O) groups is 1. The van der Waals surface area contributed by atoms with Gasteiger partial charge in [-0.15, -0.1) is 11.3 Å². The van der Waals surface area contributed by atoms with Crippen LogP contribution in [-0.2, 0) is 16.6 Å². The van der Waals surface area contributed by atoms with Crippen molar-refractivity contribution in [3.63, 3.8) is 0 Å². The fraction of sp³-hybridized carbons (Fsp3) is 0.432. The molecule has 0 bridgehead atoms. The number of hydrogen-bond acceptors (Lipinski definition) is 7. The lowest BCUT2D eigenvalue weighted by molar-refractivity contribution is -0.160. The SMILES string of the molecule is Cc1cc2nc(-c3ccc4c(c3)c(C3CCN(CCN(C)C)CC3)nn4C)sc2c(-c2ccc(Cl)cc2)c1C(OC(C)(C)C)C(=O)O. The monoisotopic (exact) mass is 673 g/mol. The van der Waals surface area contributed by atoms with E-state index in [4.69, 9.17) is 26.4 Å². The zero-order valence-electron chi connectivity index (χ0n) is 28.3. The highest BCUT2D eigenvalue weighted by Gasteiger charge is 2.32. The van der Waals surface area contributed by atoms with Crippen LogP contribution in [0.5, 0.6) is 0 Å². The van der Waals surface area contributed by atoms with Crippen molar-refractivity contribution in [3.8, 4) is 21.7 Å². The van der Waals surface area contributed by atoms with Crippen LogP contribution < -0.4 is 0 Å². The summed E-state index contributed by atoms with van der Waals surface area (Å²) in [6.07, 6.45) is 1.04. The third kappa shape index (κ3) is 7.10. The predicted octanol–water partition coefficient (Wildman–Crippen LogP) is 8.16. The quantitative estimate of drug-likeness (QED) is 0.169. The fourth-order valence-electron chi connectivity index (χ4n) is 6.66. The number of ether oxygens (including phenoxy) is 1. The predicted molar refractivity (Wildman–Crippen MR) is 193 cm³/mol. The highest BCUT2D eigenvalue weighted by molar-refractivity contribution is 7.22. The molecular formula is C37H44ClN5O3S. The van der Waals surface area contributed by atoms with Crippen LogP contribution in [0.1, 0.15) is 62.5 Å². The first kappa shape index (κ1) is 33.6. The van der Waals surface area contributed by atoms with Gasteiger partial charge < -0.3 is 19.6 Å². The molecule has 1 N–H and O–H groups in total. The van der Waals surface area contributed by atoms with E-state index in [2.05, 4.69) is 42.1 Å². The Bertz CT molecular complexity index is 1920. The second-order valence-electron chi connectivity index (χ2n) is 14.0. The third-order valence-corrected chi connectivity index (χ3v) is 10.4. The van der Waals surface area contributed by atoms with Crippen molar-refractivity contribution < 1.29 is 14.6 Å². The van der Waals surface area contributed by atoms with Gasteiger partial charge >= 0.3 is 5.97 Å². The molecule has 0 saturated carbocycles. The number of halogens is 1. The standard InChI is InChI=1S/C37H44ClN5O3S/c1-22-20-28-34(31(23-8-11-26(38)12-9-23)30(22)33(36(44)45)46-37(2,3)4)47-35(39-28)25-10-13-29-27(21-25)32(40-42(29)7)24-14-16-43(17-15-24)19-18-41(5)6/h8-13,20-21,24,33H,14-19H2,1-7H3,(H,44,45). The Morgan fingerprint density at radius 1 is 1.11 bits per heavy atom. The fourth-order valence-corrected chi connectivity index (χ4v) is 7.91. The van der Waals surface area contributed by atoms with E-state index in [9.17, 15) is 9.90 Å². The number of likely N-dealkylation sites (N-methyl/N-ethyl adjacent to an activating group) is 1. The Hall–Kier alpha value is -3.34. The molecule has 1 fully saturated rings. The Morgan fingerprint density at radius 3 is 2.43 bits per heavy atom. The van der Waals surface area contributed by atoms with Crippen LogP contribution in [0.2, 0.25) is 5.02 Å². The summed E-state index contributed by atoms with van der Waals surface area (Å²) in [5, 5.41) is 18.1. The highest BCUT2D eigenvalue weighted by Crippen LogP contribution is 2.45. The van der Waals surface area contributed by atoms with E-state index in [-0.39, 0.29) is 0 Å². The molecule has 1 unspecified atom stereocenters. The summed E-state index contributed by atoms with van der Waals surface area (Å²) in [7, 11) is 6.28. The average Bonchev–Trinajstić information content (AvgIpc) is 3.59. The van der Waals surface area contributed by atoms with Crippen LogP contribution >= 0.6 is 22.9 Å². The summed E-state index contributed by atoms with van der Waals surface area (Å²) in [4.78, 5) is 22.7. The minimum Gasteiger partial charge on any atom is -0.479 e. The number of nitrogens with zero attached hydrogens (tertiary/aromatic N) is 5. The second kappa shape index (κ2) is 13.3. The van der Waals surface area contributed by atoms with Crippen LogP contribution in [0.15, 0.2) is 48.5 Å². The van der Waals surface area contributed by atoms with Gasteiger partial charge in [0.15, 0.2) is 6.10 Å². The van der Waals surface area contributed by atoms with Crippen molar-refractivity contribution in [3.05, 3.63) is 70.4 Å². The number of fused-ring (bicyclic) bond motifs is 2. The molecular weight excluding hydrogens is 630 g/mol. The number of thiazole rings is 1. The summed E-state index contributed by atoms with van der Waals surface area (Å²) in [5.41, 5.74) is 6.62. The van der Waals surface area contributed by atoms with Gasteiger partial charge in [-0.25, -0.2) is 9.78 Å². The molecule has 8 nitrogen and oxygen atoms in total. The van der Waals surface area contributed by atoms with E-state index in [1.54, 1.807) is 11.3 Å². The summed E-state index contributed by atoms with van der Waals surface area (Å²) in [6, 6.07) is 16.0. The maximum atomic E-state index is 12.7. The molecule has 3 heterocycles. The minimum absolute atomic E-state index is 0.414. The van der Waals surface area contributed by atoms with Gasteiger partial charge in [-0.3, -0.25) is 4.68 Å². The van der Waals surface area contributed by atoms with Gasteiger partial charge in [-0.2, -0.15) is 5.10 Å². The number of benzene rings is 3. The summed E-state index contributed by atoms with van der Waals surface area (Å²) >= 11 is 7.86. The molecule has 0 radical (unpaired) electrons.